The molecule has 0 amide bonds. The first-order chi connectivity index (χ1) is 13.5. The zero-order valence-electron chi connectivity index (χ0n) is 19.4. The molecule has 0 saturated heterocycles. The van der Waals surface area contributed by atoms with Crippen LogP contribution in [0.2, 0.25) is 0 Å². The molecule has 2 heteroatoms. The molecule has 0 aliphatic rings. The lowest BCUT2D eigenvalue weighted by molar-refractivity contribution is 0.0939. The van der Waals surface area contributed by atoms with Gasteiger partial charge in [-0.3, -0.25) is 4.79 Å². The Bertz CT molecular complexity index is 637. The van der Waals surface area contributed by atoms with Crippen molar-refractivity contribution < 1.29 is 9.53 Å². The molecule has 0 saturated carbocycles. The van der Waals surface area contributed by atoms with Crippen molar-refractivity contribution in [2.75, 3.05) is 6.61 Å². The summed E-state index contributed by atoms with van der Waals surface area (Å²) in [4.78, 5) is 11.3. The lowest BCUT2D eigenvalue weighted by Gasteiger charge is -2.10. The molecule has 0 spiro atoms. The zero-order chi connectivity index (χ0) is 21.9. The fourth-order valence-corrected chi connectivity index (χ4v) is 2.19. The fourth-order valence-electron chi connectivity index (χ4n) is 2.19. The van der Waals surface area contributed by atoms with Gasteiger partial charge in [0.2, 0.25) is 0 Å². The average molecular weight is 385 g/mol. The molecule has 2 aromatic carbocycles. The van der Waals surface area contributed by atoms with Crippen molar-refractivity contribution in [3.63, 3.8) is 0 Å². The number of carbonyl (C=O) groups is 1. The van der Waals surface area contributed by atoms with Crippen molar-refractivity contribution in [1.29, 1.82) is 0 Å². The van der Waals surface area contributed by atoms with Gasteiger partial charge in [0.15, 0.2) is 5.78 Å². The first-order valence-electron chi connectivity index (χ1n) is 10.4. The number of rotatable bonds is 5. The summed E-state index contributed by atoms with van der Waals surface area (Å²) in [5.74, 6) is 1.31. The van der Waals surface area contributed by atoms with Gasteiger partial charge in [0.1, 0.15) is 5.76 Å². The SMILES string of the molecule is CC.CC.CC(C)C(=O)c1ccccc1.CCOC(=C(C)C)c1ccccc1. The van der Waals surface area contributed by atoms with E-state index in [0.717, 1.165) is 23.5 Å². The third kappa shape index (κ3) is 11.4. The second-order valence-corrected chi connectivity index (χ2v) is 6.01. The molecule has 0 fully saturated rings. The van der Waals surface area contributed by atoms with E-state index >= 15 is 0 Å². The average Bonchev–Trinajstić information content (AvgIpc) is 2.75. The van der Waals surface area contributed by atoms with Gasteiger partial charge in [0.05, 0.1) is 6.61 Å². The summed E-state index contributed by atoms with van der Waals surface area (Å²) in [6.07, 6.45) is 0. The molecular weight excluding hydrogens is 344 g/mol. The Morgan fingerprint density at radius 1 is 0.786 bits per heavy atom. The minimum absolute atomic E-state index is 0.0948. The first kappa shape index (κ1) is 27.9. The molecule has 0 bridgehead atoms. The molecule has 0 heterocycles. The van der Waals surface area contributed by atoms with Gasteiger partial charge in [-0.2, -0.15) is 0 Å². The van der Waals surface area contributed by atoms with Crippen LogP contribution in [0, 0.1) is 5.92 Å². The molecule has 156 valence electrons. The van der Waals surface area contributed by atoms with E-state index in [9.17, 15) is 4.79 Å². The molecule has 0 radical (unpaired) electrons. The van der Waals surface area contributed by atoms with Gasteiger partial charge in [-0.25, -0.2) is 0 Å². The van der Waals surface area contributed by atoms with Gasteiger partial charge < -0.3 is 4.74 Å². The Kier molecular flexibility index (Phi) is 17.9. The van der Waals surface area contributed by atoms with Crippen LogP contribution in [0.3, 0.4) is 0 Å². The van der Waals surface area contributed by atoms with E-state index in [2.05, 4.69) is 26.0 Å². The highest BCUT2D eigenvalue weighted by Gasteiger charge is 2.08. The molecule has 2 aromatic rings. The quantitative estimate of drug-likeness (QED) is 0.385. The topological polar surface area (TPSA) is 26.3 Å². The molecule has 0 aromatic heterocycles. The second-order valence-electron chi connectivity index (χ2n) is 6.01. The van der Waals surface area contributed by atoms with E-state index in [4.69, 9.17) is 4.74 Å². The van der Waals surface area contributed by atoms with Crippen molar-refractivity contribution in [2.45, 2.75) is 62.3 Å². The van der Waals surface area contributed by atoms with Gasteiger partial charge in [-0.05, 0) is 26.3 Å². The third-order valence-electron chi connectivity index (χ3n) is 3.36. The van der Waals surface area contributed by atoms with Gasteiger partial charge in [-0.15, -0.1) is 0 Å². The monoisotopic (exact) mass is 384 g/mol. The molecule has 0 atom stereocenters. The maximum atomic E-state index is 11.3. The lowest BCUT2D eigenvalue weighted by atomic mass is 10.0. The first-order valence-corrected chi connectivity index (χ1v) is 10.4. The zero-order valence-corrected chi connectivity index (χ0v) is 19.4. The number of ether oxygens (including phenoxy) is 1. The summed E-state index contributed by atoms with van der Waals surface area (Å²) in [6, 6.07) is 19.6. The molecule has 0 aliphatic carbocycles. The van der Waals surface area contributed by atoms with Crippen LogP contribution in [0.5, 0.6) is 0 Å². The highest BCUT2D eigenvalue weighted by atomic mass is 16.5. The predicted octanol–water partition coefficient (Wildman–Crippen LogP) is 8.05. The Morgan fingerprint density at radius 3 is 1.50 bits per heavy atom. The standard InChI is InChI=1S/C12H16O.C10H12O.2C2H6/c1-4-13-12(10(2)3)11-8-6-5-7-9-11;1-8(2)10(11)9-6-4-3-5-7-9;2*1-2/h5-9H,4H2,1-3H3;3-8H,1-2H3;2*1-2H3. The number of allylic oxidation sites excluding steroid dienone is 1. The largest absolute Gasteiger partial charge is 0.493 e. The Balaban J connectivity index is 0. The number of benzene rings is 2. The van der Waals surface area contributed by atoms with Gasteiger partial charge in [-0.1, -0.05) is 102 Å². The van der Waals surface area contributed by atoms with Crippen LogP contribution in [-0.4, -0.2) is 12.4 Å². The number of carbonyl (C=O) groups excluding carboxylic acids is 1. The van der Waals surface area contributed by atoms with E-state index in [0.29, 0.717) is 0 Å². The van der Waals surface area contributed by atoms with Crippen LogP contribution in [-0.2, 0) is 4.74 Å². The van der Waals surface area contributed by atoms with Crippen molar-refractivity contribution in [2.24, 2.45) is 5.92 Å². The van der Waals surface area contributed by atoms with E-state index in [-0.39, 0.29) is 11.7 Å². The molecule has 0 N–H and O–H groups in total. The third-order valence-corrected chi connectivity index (χ3v) is 3.36. The van der Waals surface area contributed by atoms with Crippen LogP contribution in [0.15, 0.2) is 66.2 Å². The van der Waals surface area contributed by atoms with Crippen LogP contribution < -0.4 is 0 Å². The highest BCUT2D eigenvalue weighted by molar-refractivity contribution is 5.97. The Labute approximate surface area is 173 Å². The summed E-state index contributed by atoms with van der Waals surface area (Å²) < 4.78 is 5.57. The maximum Gasteiger partial charge on any atom is 0.165 e. The molecule has 2 rings (SSSR count). The molecular formula is C26H40O2. The van der Waals surface area contributed by atoms with Gasteiger partial charge in [0, 0.05) is 17.0 Å². The summed E-state index contributed by atoms with van der Waals surface area (Å²) in [6.45, 7) is 18.7. The summed E-state index contributed by atoms with van der Waals surface area (Å²) in [5, 5.41) is 0. The van der Waals surface area contributed by atoms with Crippen LogP contribution in [0.1, 0.15) is 78.2 Å². The van der Waals surface area contributed by atoms with E-state index in [1.54, 1.807) is 0 Å². The van der Waals surface area contributed by atoms with Gasteiger partial charge in [0.25, 0.3) is 0 Å². The van der Waals surface area contributed by atoms with Crippen molar-refractivity contribution in [1.82, 2.24) is 0 Å². The minimum Gasteiger partial charge on any atom is -0.493 e. The van der Waals surface area contributed by atoms with Crippen LogP contribution in [0.4, 0.5) is 0 Å². The fraction of sp³-hybridized carbons (Fsp3) is 0.423. The molecule has 0 unspecified atom stereocenters. The van der Waals surface area contributed by atoms with Gasteiger partial charge >= 0.3 is 0 Å². The molecule has 28 heavy (non-hydrogen) atoms. The molecule has 0 aliphatic heterocycles. The lowest BCUT2D eigenvalue weighted by Crippen LogP contribution is -2.06. The number of hydrogen-bond donors (Lipinski definition) is 0. The number of ketones is 1. The normalized spacial score (nSPS) is 8.79. The summed E-state index contributed by atoms with van der Waals surface area (Å²) >= 11 is 0. The maximum absolute atomic E-state index is 11.3. The number of hydrogen-bond acceptors (Lipinski definition) is 2. The van der Waals surface area contributed by atoms with Crippen LogP contribution in [0.25, 0.3) is 5.76 Å². The second kappa shape index (κ2) is 18.0. The van der Waals surface area contributed by atoms with E-state index in [1.165, 1.54) is 5.57 Å². The van der Waals surface area contributed by atoms with Crippen LogP contribution >= 0.6 is 0 Å². The summed E-state index contributed by atoms with van der Waals surface area (Å²) in [7, 11) is 0. The molecule has 2 nitrogen and oxygen atoms in total. The van der Waals surface area contributed by atoms with Crippen molar-refractivity contribution >= 4 is 11.5 Å². The highest BCUT2D eigenvalue weighted by Crippen LogP contribution is 2.19. The van der Waals surface area contributed by atoms with Crippen molar-refractivity contribution in [3.05, 3.63) is 77.4 Å². The Morgan fingerprint density at radius 2 is 1.18 bits per heavy atom. The van der Waals surface area contributed by atoms with Crippen molar-refractivity contribution in [3.8, 4) is 0 Å². The predicted molar refractivity (Wildman–Crippen MR) is 125 cm³/mol. The van der Waals surface area contributed by atoms with E-state index in [1.807, 2.05) is 97.0 Å². The smallest absolute Gasteiger partial charge is 0.165 e. The van der Waals surface area contributed by atoms with E-state index < -0.39 is 0 Å². The minimum atomic E-state index is 0.0948. The summed E-state index contributed by atoms with van der Waals surface area (Å²) in [5.41, 5.74) is 3.18. The Hall–Kier alpha value is -2.35. The number of Topliss-reactive ketones (excluding diaryl/α,β-unsaturated/α-hetero) is 1.